The van der Waals surface area contributed by atoms with Gasteiger partial charge in [0.05, 0.1) is 7.11 Å². The number of benzene rings is 1. The molecule has 104 valence electrons. The number of nitrogens with zero attached hydrogens (tertiary/aromatic N) is 1. The molecule has 0 heterocycles. The molecule has 1 aromatic rings. The van der Waals surface area contributed by atoms with Crippen molar-refractivity contribution >= 4 is 12.0 Å². The number of rotatable bonds is 5. The van der Waals surface area contributed by atoms with Crippen molar-refractivity contribution in [3.63, 3.8) is 0 Å². The lowest BCUT2D eigenvalue weighted by Crippen LogP contribution is -2.45. The van der Waals surface area contributed by atoms with Crippen LogP contribution < -0.4 is 5.32 Å². The monoisotopic (exact) mass is 270 g/mol. The number of carbonyl (C=O) groups is 2. The molecular formula is C13H18N2O4. The van der Waals surface area contributed by atoms with Crippen molar-refractivity contribution in [3.8, 4) is 0 Å². The van der Waals surface area contributed by atoms with Crippen molar-refractivity contribution in [3.05, 3.63) is 35.9 Å². The van der Waals surface area contributed by atoms with Crippen LogP contribution in [0.25, 0.3) is 0 Å². The highest BCUT2D eigenvalue weighted by Crippen LogP contribution is 2.01. The second-order valence-electron chi connectivity index (χ2n) is 3.95. The molecule has 0 fully saturated rings. The molecule has 19 heavy (non-hydrogen) atoms. The van der Waals surface area contributed by atoms with Crippen LogP contribution in [-0.2, 0) is 21.0 Å². The zero-order valence-electron chi connectivity index (χ0n) is 11.3. The Morgan fingerprint density at radius 3 is 2.53 bits per heavy atom. The lowest BCUT2D eigenvalue weighted by Gasteiger charge is -2.19. The summed E-state index contributed by atoms with van der Waals surface area (Å²) in [6.45, 7) is 1.72. The molecule has 0 saturated heterocycles. The fraction of sp³-hybridized carbons (Fsp3) is 0.385. The maximum atomic E-state index is 11.6. The molecule has 0 aliphatic heterocycles. The third-order valence-corrected chi connectivity index (χ3v) is 2.50. The summed E-state index contributed by atoms with van der Waals surface area (Å²) in [4.78, 5) is 27.8. The first-order valence-electron chi connectivity index (χ1n) is 5.83. The van der Waals surface area contributed by atoms with Gasteiger partial charge >= 0.3 is 6.09 Å². The van der Waals surface area contributed by atoms with Crippen LogP contribution in [0.4, 0.5) is 4.79 Å². The topological polar surface area (TPSA) is 67.9 Å². The van der Waals surface area contributed by atoms with E-state index in [1.165, 1.54) is 14.2 Å². The molecule has 0 bridgehead atoms. The van der Waals surface area contributed by atoms with Crippen LogP contribution in [0, 0.1) is 0 Å². The molecule has 1 N–H and O–H groups in total. The smallest absolute Gasteiger partial charge is 0.408 e. The molecule has 6 heteroatoms. The lowest BCUT2D eigenvalue weighted by atomic mass is 10.2. The molecule has 0 saturated carbocycles. The fourth-order valence-electron chi connectivity index (χ4n) is 1.37. The summed E-state index contributed by atoms with van der Waals surface area (Å²) >= 11 is 0. The predicted octanol–water partition coefficient (Wildman–Crippen LogP) is 1.32. The summed E-state index contributed by atoms with van der Waals surface area (Å²) in [7, 11) is 2.84. The molecule has 2 amide bonds. The van der Waals surface area contributed by atoms with E-state index in [0.29, 0.717) is 0 Å². The number of ether oxygens (including phenoxy) is 1. The van der Waals surface area contributed by atoms with Crippen LogP contribution >= 0.6 is 0 Å². The summed E-state index contributed by atoms with van der Waals surface area (Å²) in [6, 6.07) is 8.58. The predicted molar refractivity (Wildman–Crippen MR) is 69.0 cm³/mol. The van der Waals surface area contributed by atoms with E-state index in [4.69, 9.17) is 9.57 Å². The summed E-state index contributed by atoms with van der Waals surface area (Å²) in [5.74, 6) is -0.362. The van der Waals surface area contributed by atoms with Crippen LogP contribution in [0.15, 0.2) is 30.3 Å². The van der Waals surface area contributed by atoms with E-state index >= 15 is 0 Å². The summed E-state index contributed by atoms with van der Waals surface area (Å²) in [5, 5.41) is 3.48. The molecule has 1 atom stereocenters. The molecule has 6 nitrogen and oxygen atoms in total. The zero-order valence-corrected chi connectivity index (χ0v) is 11.3. The average molecular weight is 270 g/mol. The second kappa shape index (κ2) is 7.38. The van der Waals surface area contributed by atoms with Crippen LogP contribution in [0.3, 0.4) is 0 Å². The van der Waals surface area contributed by atoms with Crippen molar-refractivity contribution in [2.45, 2.75) is 19.6 Å². The van der Waals surface area contributed by atoms with Gasteiger partial charge in [-0.25, -0.2) is 9.86 Å². The van der Waals surface area contributed by atoms with Crippen molar-refractivity contribution in [2.24, 2.45) is 0 Å². The number of hydrogen-bond acceptors (Lipinski definition) is 4. The van der Waals surface area contributed by atoms with Crippen molar-refractivity contribution in [1.29, 1.82) is 0 Å². The van der Waals surface area contributed by atoms with E-state index in [1.807, 2.05) is 30.3 Å². The molecular weight excluding hydrogens is 252 g/mol. The minimum Gasteiger partial charge on any atom is -0.445 e. The molecule has 0 aliphatic rings. The Kier molecular flexibility index (Phi) is 5.81. The van der Waals surface area contributed by atoms with E-state index in [-0.39, 0.29) is 12.5 Å². The maximum absolute atomic E-state index is 11.6. The van der Waals surface area contributed by atoms with Gasteiger partial charge in [0.15, 0.2) is 0 Å². The Labute approximate surface area is 112 Å². The molecule has 0 radical (unpaired) electrons. The lowest BCUT2D eigenvalue weighted by molar-refractivity contribution is -0.170. The van der Waals surface area contributed by atoms with Crippen LogP contribution in [0.1, 0.15) is 12.5 Å². The highest BCUT2D eigenvalue weighted by atomic mass is 16.7. The number of nitrogens with one attached hydrogen (secondary N) is 1. The van der Waals surface area contributed by atoms with Crippen LogP contribution in [-0.4, -0.2) is 37.3 Å². The van der Waals surface area contributed by atoms with Crippen molar-refractivity contribution in [2.75, 3.05) is 14.2 Å². The standard InChI is InChI=1S/C13H18N2O4/c1-10(12(16)15(2)18-3)14-13(17)19-9-11-7-5-4-6-8-11/h4-8,10H,9H2,1-3H3,(H,14,17)/t10-/m0/s1/i1+1,10+1,12+1,14+1. The van der Waals surface area contributed by atoms with Gasteiger partial charge in [-0.15, -0.1) is 0 Å². The van der Waals surface area contributed by atoms with Gasteiger partial charge in [0, 0.05) is 7.05 Å². The van der Waals surface area contributed by atoms with Gasteiger partial charge in [-0.2, -0.15) is 0 Å². The number of amides is 2. The van der Waals surface area contributed by atoms with E-state index in [1.54, 1.807) is 6.92 Å². The van der Waals surface area contributed by atoms with Crippen molar-refractivity contribution in [1.82, 2.24) is 10.4 Å². The fourth-order valence-corrected chi connectivity index (χ4v) is 1.37. The van der Waals surface area contributed by atoms with Gasteiger partial charge in [-0.05, 0) is 12.5 Å². The second-order valence-corrected chi connectivity index (χ2v) is 3.95. The first-order chi connectivity index (χ1) is 9.04. The number of hydrogen-bond donors (Lipinski definition) is 1. The largest absolute Gasteiger partial charge is 0.445 e. The minimum atomic E-state index is -0.715. The van der Waals surface area contributed by atoms with Gasteiger partial charge in [-0.3, -0.25) is 9.63 Å². The van der Waals surface area contributed by atoms with Crippen LogP contribution in [0.5, 0.6) is 0 Å². The molecule has 0 aliphatic carbocycles. The maximum Gasteiger partial charge on any atom is 0.408 e. The highest BCUT2D eigenvalue weighted by molar-refractivity contribution is 5.84. The third kappa shape index (κ3) is 4.97. The molecule has 0 spiro atoms. The zero-order chi connectivity index (χ0) is 14.3. The molecule has 0 aromatic heterocycles. The summed E-state index contributed by atoms with van der Waals surface area (Å²) in [5.41, 5.74) is 0.880. The van der Waals surface area contributed by atoms with E-state index in [0.717, 1.165) is 10.6 Å². The van der Waals surface area contributed by atoms with E-state index < -0.39 is 12.1 Å². The van der Waals surface area contributed by atoms with E-state index in [2.05, 4.69) is 5.32 Å². The summed E-state index contributed by atoms with van der Waals surface area (Å²) in [6.07, 6.45) is -0.644. The first kappa shape index (κ1) is 15.0. The van der Waals surface area contributed by atoms with Crippen LogP contribution in [0.2, 0.25) is 0 Å². The Bertz CT molecular complexity index is 422. The Hall–Kier alpha value is -2.08. The van der Waals surface area contributed by atoms with Crippen molar-refractivity contribution < 1.29 is 19.2 Å². The first-order valence-corrected chi connectivity index (χ1v) is 5.83. The Morgan fingerprint density at radius 1 is 1.32 bits per heavy atom. The van der Waals surface area contributed by atoms with E-state index in [9.17, 15) is 9.59 Å². The highest BCUT2D eigenvalue weighted by Gasteiger charge is 2.19. The quantitative estimate of drug-likeness (QED) is 0.498. The average Bonchev–Trinajstić information content (AvgIpc) is 2.44. The van der Waals surface area contributed by atoms with Gasteiger partial charge in [0.25, 0.3) is 5.91 Å². The van der Waals surface area contributed by atoms with Gasteiger partial charge in [0.2, 0.25) is 0 Å². The van der Waals surface area contributed by atoms with Gasteiger partial charge in [-0.1, -0.05) is 30.3 Å². The SMILES string of the molecule is CON(C)[13C](=O)[13C@H]([13CH3])[15NH]C(=O)OCc1ccccc1. The number of carbonyl (C=O) groups excluding carboxylic acids is 2. The number of alkyl carbamates (subject to hydrolysis) is 1. The minimum absolute atomic E-state index is 0.160. The molecule has 0 unspecified atom stereocenters. The Balaban J connectivity index is 2.37. The third-order valence-electron chi connectivity index (χ3n) is 2.50. The number of likely N-dealkylation sites (N-methyl/N-ethyl adjacent to an activating group) is 1. The Morgan fingerprint density at radius 2 is 1.95 bits per heavy atom. The summed E-state index contributed by atoms with van der Waals surface area (Å²) < 4.78 is 5.00. The number of hydroxylamine groups is 2. The normalized spacial score (nSPS) is 11.5. The molecule has 1 rings (SSSR count). The molecule has 1 aromatic carbocycles. The van der Waals surface area contributed by atoms with Gasteiger partial charge in [0.1, 0.15) is 12.6 Å². The van der Waals surface area contributed by atoms with Gasteiger partial charge < -0.3 is 10.1 Å².